The van der Waals surface area contributed by atoms with E-state index in [1.807, 2.05) is 31.7 Å². The molecule has 0 amide bonds. The second-order valence-corrected chi connectivity index (χ2v) is 6.02. The molecule has 1 N–H and O–H groups in total. The van der Waals surface area contributed by atoms with Gasteiger partial charge < -0.3 is 9.80 Å². The number of H-pyrrole nitrogens is 1. The molecule has 0 bridgehead atoms. The zero-order valence-electron chi connectivity index (χ0n) is 13.7. The van der Waals surface area contributed by atoms with Crippen LogP contribution in [0.4, 0.5) is 17.3 Å². The van der Waals surface area contributed by atoms with Crippen molar-refractivity contribution in [2.45, 2.75) is 12.8 Å². The van der Waals surface area contributed by atoms with Gasteiger partial charge in [-0.1, -0.05) is 18.2 Å². The van der Waals surface area contributed by atoms with Gasteiger partial charge in [0.05, 0.1) is 23.8 Å². The lowest BCUT2D eigenvalue weighted by molar-refractivity contribution is 0.831. The van der Waals surface area contributed by atoms with Gasteiger partial charge in [0.2, 0.25) is 5.95 Å². The van der Waals surface area contributed by atoms with Crippen molar-refractivity contribution in [1.82, 2.24) is 20.2 Å². The molecule has 0 radical (unpaired) electrons. The molecule has 122 valence electrons. The fourth-order valence-electron chi connectivity index (χ4n) is 3.02. The van der Waals surface area contributed by atoms with Crippen LogP contribution in [0.5, 0.6) is 0 Å². The van der Waals surface area contributed by atoms with E-state index in [4.69, 9.17) is 4.98 Å². The second-order valence-electron chi connectivity index (χ2n) is 6.02. The van der Waals surface area contributed by atoms with Crippen LogP contribution in [0.1, 0.15) is 11.3 Å². The minimum Gasteiger partial charge on any atom is -0.344 e. The Labute approximate surface area is 141 Å². The topological polar surface area (TPSA) is 60.9 Å². The van der Waals surface area contributed by atoms with Crippen molar-refractivity contribution in [1.29, 1.82) is 0 Å². The minimum absolute atomic E-state index is 0.784. The first-order valence-electron chi connectivity index (χ1n) is 8.18. The summed E-state index contributed by atoms with van der Waals surface area (Å²) in [6, 6.07) is 10.4. The largest absolute Gasteiger partial charge is 0.344 e. The Hall–Kier alpha value is -2.89. The smallest absolute Gasteiger partial charge is 0.225 e. The first kappa shape index (κ1) is 14.7. The van der Waals surface area contributed by atoms with E-state index in [1.165, 1.54) is 11.3 Å². The summed E-state index contributed by atoms with van der Waals surface area (Å²) < 4.78 is 0. The van der Waals surface area contributed by atoms with Gasteiger partial charge in [-0.25, -0.2) is 9.97 Å². The Morgan fingerprint density at radius 1 is 1.21 bits per heavy atom. The minimum atomic E-state index is 0.784. The lowest BCUT2D eigenvalue weighted by atomic mass is 10.2. The number of anilines is 3. The Morgan fingerprint density at radius 2 is 2.08 bits per heavy atom. The van der Waals surface area contributed by atoms with E-state index in [1.54, 1.807) is 0 Å². The summed E-state index contributed by atoms with van der Waals surface area (Å²) in [7, 11) is 2.03. The maximum Gasteiger partial charge on any atom is 0.225 e. The van der Waals surface area contributed by atoms with E-state index in [0.29, 0.717) is 0 Å². The molecule has 0 saturated carbocycles. The van der Waals surface area contributed by atoms with Crippen LogP contribution in [0.15, 0.2) is 48.9 Å². The number of likely N-dealkylation sites (N-methyl/N-ethyl adjacent to an activating group) is 1. The number of nitrogens with zero attached hydrogens (tertiary/aromatic N) is 5. The van der Waals surface area contributed by atoms with Gasteiger partial charge in [-0.15, -0.1) is 0 Å². The first-order valence-corrected chi connectivity index (χ1v) is 8.18. The number of aromatic nitrogens is 4. The molecule has 1 aromatic carbocycles. The Kier molecular flexibility index (Phi) is 3.86. The molecule has 0 fully saturated rings. The van der Waals surface area contributed by atoms with E-state index >= 15 is 0 Å². The van der Waals surface area contributed by atoms with Crippen LogP contribution in [0.2, 0.25) is 0 Å². The molecule has 24 heavy (non-hydrogen) atoms. The molecule has 0 atom stereocenters. The van der Waals surface area contributed by atoms with Crippen molar-refractivity contribution in [2.75, 3.05) is 29.9 Å². The third kappa shape index (κ3) is 2.82. The summed E-state index contributed by atoms with van der Waals surface area (Å²) in [6.45, 7) is 1.82. The number of rotatable bonds is 5. The Morgan fingerprint density at radius 3 is 2.88 bits per heavy atom. The summed E-state index contributed by atoms with van der Waals surface area (Å²) in [5.74, 6) is 0.784. The number of para-hydroxylation sites is 1. The van der Waals surface area contributed by atoms with Gasteiger partial charge in [-0.3, -0.25) is 5.10 Å². The van der Waals surface area contributed by atoms with Gasteiger partial charge in [-0.2, -0.15) is 5.10 Å². The summed E-state index contributed by atoms with van der Waals surface area (Å²) in [6.07, 6.45) is 7.61. The molecule has 0 unspecified atom stereocenters. The molecular weight excluding hydrogens is 300 g/mol. The lowest BCUT2D eigenvalue weighted by Crippen LogP contribution is -2.23. The summed E-state index contributed by atoms with van der Waals surface area (Å²) in [5.41, 5.74) is 4.63. The third-order valence-electron chi connectivity index (χ3n) is 4.40. The highest BCUT2D eigenvalue weighted by Gasteiger charge is 2.23. The maximum absolute atomic E-state index is 4.78. The molecule has 0 aliphatic carbocycles. The highest BCUT2D eigenvalue weighted by atomic mass is 15.3. The van der Waals surface area contributed by atoms with E-state index in [9.17, 15) is 0 Å². The standard InChI is InChI=1S/C18H20N6/c1-23(9-7-14-11-20-21-12-14)18-19-13-17-16(22-18)8-10-24(17)15-5-3-2-4-6-15/h2-6,11-13H,7-10H2,1H3,(H,20,21). The number of hydrogen-bond acceptors (Lipinski definition) is 5. The second kappa shape index (κ2) is 6.31. The highest BCUT2D eigenvalue weighted by molar-refractivity contribution is 5.68. The van der Waals surface area contributed by atoms with Crippen molar-refractivity contribution in [3.05, 3.63) is 60.2 Å². The van der Waals surface area contributed by atoms with Crippen LogP contribution in [0.25, 0.3) is 0 Å². The first-order chi connectivity index (χ1) is 11.8. The quantitative estimate of drug-likeness (QED) is 0.783. The fourth-order valence-corrected chi connectivity index (χ4v) is 3.02. The van der Waals surface area contributed by atoms with Crippen LogP contribution in [-0.2, 0) is 12.8 Å². The van der Waals surface area contributed by atoms with Crippen molar-refractivity contribution in [3.63, 3.8) is 0 Å². The van der Waals surface area contributed by atoms with Crippen molar-refractivity contribution in [3.8, 4) is 0 Å². The fraction of sp³-hybridized carbons (Fsp3) is 0.278. The van der Waals surface area contributed by atoms with Crippen LogP contribution < -0.4 is 9.80 Å². The molecule has 2 aromatic heterocycles. The molecule has 0 saturated heterocycles. The van der Waals surface area contributed by atoms with Gasteiger partial charge in [-0.05, 0) is 24.1 Å². The van der Waals surface area contributed by atoms with Crippen LogP contribution >= 0.6 is 0 Å². The number of aromatic amines is 1. The molecule has 3 heterocycles. The zero-order valence-corrected chi connectivity index (χ0v) is 13.7. The lowest BCUT2D eigenvalue weighted by Gasteiger charge is -2.20. The maximum atomic E-state index is 4.78. The molecule has 0 spiro atoms. The van der Waals surface area contributed by atoms with Gasteiger partial charge in [0.25, 0.3) is 0 Å². The summed E-state index contributed by atoms with van der Waals surface area (Å²) in [5, 5.41) is 6.82. The Balaban J connectivity index is 1.50. The van der Waals surface area contributed by atoms with Crippen LogP contribution in [0.3, 0.4) is 0 Å². The predicted octanol–water partition coefficient (Wildman–Crippen LogP) is 2.57. The van der Waals surface area contributed by atoms with E-state index < -0.39 is 0 Å². The van der Waals surface area contributed by atoms with E-state index in [2.05, 4.69) is 49.2 Å². The third-order valence-corrected chi connectivity index (χ3v) is 4.40. The summed E-state index contributed by atoms with van der Waals surface area (Å²) >= 11 is 0. The van der Waals surface area contributed by atoms with E-state index in [0.717, 1.165) is 43.3 Å². The molecule has 6 nitrogen and oxygen atoms in total. The highest BCUT2D eigenvalue weighted by Crippen LogP contribution is 2.33. The average molecular weight is 320 g/mol. The van der Waals surface area contributed by atoms with Gasteiger partial charge in [0.1, 0.15) is 0 Å². The monoisotopic (exact) mass is 320 g/mol. The molecular formula is C18H20N6. The van der Waals surface area contributed by atoms with Crippen LogP contribution in [0, 0.1) is 0 Å². The number of nitrogens with one attached hydrogen (secondary N) is 1. The zero-order chi connectivity index (χ0) is 16.4. The van der Waals surface area contributed by atoms with Gasteiger partial charge in [0.15, 0.2) is 0 Å². The van der Waals surface area contributed by atoms with Crippen molar-refractivity contribution >= 4 is 17.3 Å². The number of fused-ring (bicyclic) bond motifs is 1. The van der Waals surface area contributed by atoms with Crippen molar-refractivity contribution in [2.24, 2.45) is 0 Å². The molecule has 1 aliphatic heterocycles. The normalized spacial score (nSPS) is 13.1. The predicted molar refractivity (Wildman–Crippen MR) is 94.7 cm³/mol. The van der Waals surface area contributed by atoms with Crippen LogP contribution in [-0.4, -0.2) is 40.3 Å². The summed E-state index contributed by atoms with van der Waals surface area (Å²) in [4.78, 5) is 13.7. The number of benzene rings is 1. The molecule has 1 aliphatic rings. The Bertz CT molecular complexity index is 800. The van der Waals surface area contributed by atoms with Crippen molar-refractivity contribution < 1.29 is 0 Å². The van der Waals surface area contributed by atoms with E-state index in [-0.39, 0.29) is 0 Å². The van der Waals surface area contributed by atoms with Gasteiger partial charge >= 0.3 is 0 Å². The average Bonchev–Trinajstić information content (AvgIpc) is 3.29. The number of hydrogen-bond donors (Lipinski definition) is 1. The SMILES string of the molecule is CN(CCc1cn[nH]c1)c1ncc2c(n1)CCN2c1ccccc1. The molecule has 4 rings (SSSR count). The molecule has 3 aromatic rings. The molecule has 6 heteroatoms. The van der Waals surface area contributed by atoms with Gasteiger partial charge in [0, 0.05) is 38.4 Å².